The number of carbonyl (C=O) groups excluding carboxylic acids is 1. The summed E-state index contributed by atoms with van der Waals surface area (Å²) in [6.45, 7) is 12.3. The first-order valence-electron chi connectivity index (χ1n) is 10.4. The molecule has 0 radical (unpaired) electrons. The molecule has 7 nitrogen and oxygen atoms in total. The van der Waals surface area contributed by atoms with Gasteiger partial charge in [-0.3, -0.25) is 10.0 Å². The molecule has 1 saturated heterocycles. The second kappa shape index (κ2) is 13.9. The molecule has 1 unspecified atom stereocenters. The Balaban J connectivity index is 0.00000233. The summed E-state index contributed by atoms with van der Waals surface area (Å²) in [5.41, 5.74) is 1.47. The Morgan fingerprint density at radius 2 is 1.87 bits per heavy atom. The molecule has 1 fully saturated rings. The minimum Gasteiger partial charge on any atom is -0.373 e. The van der Waals surface area contributed by atoms with Crippen LogP contribution >= 0.6 is 0 Å². The molecule has 0 saturated carbocycles. The van der Waals surface area contributed by atoms with E-state index in [2.05, 4.69) is 13.2 Å². The smallest absolute Gasteiger partial charge is 0.233 e. The van der Waals surface area contributed by atoms with Crippen LogP contribution in [0.3, 0.4) is 0 Å². The number of allylic oxidation sites excluding steroid dienone is 2. The Hall–Kier alpha value is -2.26. The predicted octanol–water partition coefficient (Wildman–Crippen LogP) is 3.54. The number of piperidine rings is 1. The van der Waals surface area contributed by atoms with Crippen molar-refractivity contribution in [3.63, 3.8) is 0 Å². The first kappa shape index (κ1) is 26.8. The highest BCUT2D eigenvalue weighted by Crippen LogP contribution is 2.21. The highest BCUT2D eigenvalue weighted by Gasteiger charge is 2.33. The van der Waals surface area contributed by atoms with Crippen LogP contribution in [-0.4, -0.2) is 60.4 Å². The number of hydroxylamine groups is 2. The molecular formula is C23H34N2O5S. The van der Waals surface area contributed by atoms with E-state index in [1.807, 2.05) is 44.2 Å². The quantitative estimate of drug-likeness (QED) is 0.241. The largest absolute Gasteiger partial charge is 0.373 e. The molecule has 1 aliphatic heterocycles. The predicted molar refractivity (Wildman–Crippen MR) is 123 cm³/mol. The Bertz CT molecular complexity index is 816. The summed E-state index contributed by atoms with van der Waals surface area (Å²) in [6.07, 6.45) is 5.72. The van der Waals surface area contributed by atoms with Gasteiger partial charge in [-0.15, -0.1) is 0 Å². The van der Waals surface area contributed by atoms with Gasteiger partial charge in [0.25, 0.3) is 0 Å². The second-order valence-electron chi connectivity index (χ2n) is 6.78. The lowest BCUT2D eigenvalue weighted by Gasteiger charge is -2.33. The van der Waals surface area contributed by atoms with Crippen molar-refractivity contribution in [3.05, 3.63) is 72.9 Å². The monoisotopic (exact) mass is 450 g/mol. The lowest BCUT2D eigenvalue weighted by molar-refractivity contribution is -0.154. The third-order valence-electron chi connectivity index (χ3n) is 4.85. The zero-order chi connectivity index (χ0) is 23.3. The van der Waals surface area contributed by atoms with Gasteiger partial charge in [0.15, 0.2) is 0 Å². The third-order valence-corrected chi connectivity index (χ3v) is 6.74. The van der Waals surface area contributed by atoms with E-state index in [1.54, 1.807) is 0 Å². The fourth-order valence-corrected chi connectivity index (χ4v) is 4.94. The van der Waals surface area contributed by atoms with E-state index in [-0.39, 0.29) is 12.5 Å². The number of hydrogen-bond acceptors (Lipinski definition) is 5. The fourth-order valence-electron chi connectivity index (χ4n) is 3.22. The molecule has 0 aromatic heterocycles. The number of nitrogens with zero attached hydrogens (tertiary/aromatic N) is 2. The van der Waals surface area contributed by atoms with Gasteiger partial charge in [-0.1, -0.05) is 75.6 Å². The highest BCUT2D eigenvalue weighted by molar-refractivity contribution is 7.89. The maximum absolute atomic E-state index is 12.9. The van der Waals surface area contributed by atoms with E-state index >= 15 is 0 Å². The molecule has 0 spiro atoms. The van der Waals surface area contributed by atoms with Crippen molar-refractivity contribution in [1.29, 1.82) is 0 Å². The molecule has 1 amide bonds. The number of hydrogen-bond donors (Lipinski definition) is 1. The number of benzene rings is 1. The lowest BCUT2D eigenvalue weighted by atomic mass is 10.1. The molecule has 1 aromatic carbocycles. The van der Waals surface area contributed by atoms with Gasteiger partial charge < -0.3 is 4.74 Å². The van der Waals surface area contributed by atoms with Crippen molar-refractivity contribution in [2.24, 2.45) is 0 Å². The minimum atomic E-state index is -3.71. The van der Waals surface area contributed by atoms with E-state index in [1.165, 1.54) is 22.5 Å². The van der Waals surface area contributed by atoms with Crippen molar-refractivity contribution in [2.45, 2.75) is 45.4 Å². The molecule has 0 bridgehead atoms. The maximum atomic E-state index is 12.9. The molecule has 0 aliphatic carbocycles. The van der Waals surface area contributed by atoms with Gasteiger partial charge >= 0.3 is 0 Å². The van der Waals surface area contributed by atoms with Gasteiger partial charge in [0, 0.05) is 13.1 Å². The van der Waals surface area contributed by atoms with Crippen molar-refractivity contribution in [3.8, 4) is 0 Å². The topological polar surface area (TPSA) is 87.2 Å². The zero-order valence-corrected chi connectivity index (χ0v) is 19.2. The molecule has 1 aromatic rings. The standard InChI is InChI=1S/C21H28N2O5S.C2H6/c1-3-8-19(4-2)21(23(25)17-24)16-29(26,27)22-13-11-20(12-14-22)28-15-18-9-6-5-7-10-18;1-2/h3-10,17,20-21,25H,1-2,11-16H2;1-2H3/b19-8+;. The van der Waals surface area contributed by atoms with Crippen LogP contribution in [-0.2, 0) is 26.2 Å². The fraction of sp³-hybridized carbons (Fsp3) is 0.435. The van der Waals surface area contributed by atoms with Crippen LogP contribution in [0.2, 0.25) is 0 Å². The number of sulfonamides is 1. The highest BCUT2D eigenvalue weighted by atomic mass is 32.2. The third kappa shape index (κ3) is 8.41. The van der Waals surface area contributed by atoms with Crippen molar-refractivity contribution in [1.82, 2.24) is 9.37 Å². The van der Waals surface area contributed by atoms with Gasteiger partial charge in [0.1, 0.15) is 0 Å². The van der Waals surface area contributed by atoms with E-state index in [0.717, 1.165) is 5.56 Å². The molecule has 1 N–H and O–H groups in total. The number of rotatable bonds is 11. The Labute approximate surface area is 186 Å². The Kier molecular flexibility index (Phi) is 12.0. The summed E-state index contributed by atoms with van der Waals surface area (Å²) >= 11 is 0. The van der Waals surface area contributed by atoms with E-state index in [4.69, 9.17) is 4.74 Å². The van der Waals surface area contributed by atoms with E-state index in [0.29, 0.717) is 43.2 Å². The van der Waals surface area contributed by atoms with Crippen molar-refractivity contribution in [2.75, 3.05) is 18.8 Å². The molecular weight excluding hydrogens is 416 g/mol. The van der Waals surface area contributed by atoms with Crippen LogP contribution in [0.1, 0.15) is 32.3 Å². The molecule has 1 aliphatic rings. The van der Waals surface area contributed by atoms with Crippen LogP contribution < -0.4 is 0 Å². The first-order chi connectivity index (χ1) is 14.9. The number of ether oxygens (including phenoxy) is 1. The number of carbonyl (C=O) groups is 1. The van der Waals surface area contributed by atoms with Crippen molar-refractivity contribution >= 4 is 16.4 Å². The normalized spacial score (nSPS) is 16.5. The van der Waals surface area contributed by atoms with Crippen LogP contribution in [0, 0.1) is 0 Å². The Morgan fingerprint density at radius 1 is 1.26 bits per heavy atom. The van der Waals surface area contributed by atoms with E-state index < -0.39 is 21.8 Å². The van der Waals surface area contributed by atoms with Crippen LogP contribution in [0.25, 0.3) is 0 Å². The number of amides is 1. The zero-order valence-electron chi connectivity index (χ0n) is 18.4. The molecule has 1 atom stereocenters. The van der Waals surface area contributed by atoms with Crippen LogP contribution in [0.5, 0.6) is 0 Å². The summed E-state index contributed by atoms with van der Waals surface area (Å²) in [4.78, 5) is 11.0. The SMILES string of the molecule is C=C/C=C(\C=C)C(CS(=O)(=O)N1CCC(OCc2ccccc2)CC1)N(O)C=O.CC. The van der Waals surface area contributed by atoms with Gasteiger partial charge in [0.05, 0.1) is 24.5 Å². The molecule has 1 heterocycles. The first-order valence-corrected chi connectivity index (χ1v) is 12.0. The molecule has 31 heavy (non-hydrogen) atoms. The second-order valence-corrected chi connectivity index (χ2v) is 8.79. The van der Waals surface area contributed by atoms with Crippen LogP contribution in [0.15, 0.2) is 67.3 Å². The summed E-state index contributed by atoms with van der Waals surface area (Å²) < 4.78 is 33.0. The van der Waals surface area contributed by atoms with Gasteiger partial charge in [-0.05, 0) is 24.0 Å². The molecule has 8 heteroatoms. The van der Waals surface area contributed by atoms with Gasteiger partial charge in [-0.25, -0.2) is 17.8 Å². The summed E-state index contributed by atoms with van der Waals surface area (Å²) in [6, 6.07) is 8.77. The van der Waals surface area contributed by atoms with Crippen LogP contribution in [0.4, 0.5) is 0 Å². The van der Waals surface area contributed by atoms with Gasteiger partial charge in [0.2, 0.25) is 16.4 Å². The van der Waals surface area contributed by atoms with Gasteiger partial charge in [-0.2, -0.15) is 0 Å². The summed E-state index contributed by atoms with van der Waals surface area (Å²) in [5, 5.41) is 10.2. The van der Waals surface area contributed by atoms with Crippen molar-refractivity contribution < 1.29 is 23.2 Å². The Morgan fingerprint density at radius 3 is 2.39 bits per heavy atom. The average Bonchev–Trinajstić information content (AvgIpc) is 2.81. The average molecular weight is 451 g/mol. The summed E-state index contributed by atoms with van der Waals surface area (Å²) in [5.74, 6) is -0.441. The maximum Gasteiger partial charge on any atom is 0.233 e. The molecule has 172 valence electrons. The minimum absolute atomic E-state index is 0.00818. The van der Waals surface area contributed by atoms with E-state index in [9.17, 15) is 18.4 Å². The molecule has 2 rings (SSSR count). The lowest BCUT2D eigenvalue weighted by Crippen LogP contribution is -2.47. The summed E-state index contributed by atoms with van der Waals surface area (Å²) in [7, 11) is -3.71.